The van der Waals surface area contributed by atoms with Crippen LogP contribution in [0.15, 0.2) is 16.6 Å². The minimum atomic E-state index is -0.220. The number of hydrogen-bond acceptors (Lipinski definition) is 2. The Kier molecular flexibility index (Phi) is 3.67. The standard InChI is InChI=1S/C13H17BrO2/c1-8-6-12(14)9(2)5-11(8)13-7-10(15)3-4-16-13/h5-6,10,13,15H,3-4,7H2,1-2H3. The molecule has 2 nitrogen and oxygen atoms in total. The number of aliphatic hydroxyl groups excluding tert-OH is 1. The molecule has 2 rings (SSSR count). The van der Waals surface area contributed by atoms with Gasteiger partial charge in [0.25, 0.3) is 0 Å². The second-order valence-corrected chi connectivity index (χ2v) is 5.35. The number of rotatable bonds is 1. The van der Waals surface area contributed by atoms with Crippen LogP contribution in [0.4, 0.5) is 0 Å². The molecule has 16 heavy (non-hydrogen) atoms. The molecule has 0 aromatic heterocycles. The van der Waals surface area contributed by atoms with Crippen LogP contribution in [0.1, 0.15) is 35.6 Å². The average Bonchev–Trinajstić information content (AvgIpc) is 2.23. The number of halogens is 1. The monoisotopic (exact) mass is 284 g/mol. The molecule has 1 fully saturated rings. The summed E-state index contributed by atoms with van der Waals surface area (Å²) in [5, 5.41) is 9.67. The zero-order chi connectivity index (χ0) is 11.7. The molecule has 0 aliphatic carbocycles. The summed E-state index contributed by atoms with van der Waals surface area (Å²) < 4.78 is 6.86. The van der Waals surface area contributed by atoms with Gasteiger partial charge in [0.15, 0.2) is 0 Å². The molecule has 0 amide bonds. The largest absolute Gasteiger partial charge is 0.393 e. The van der Waals surface area contributed by atoms with Crippen molar-refractivity contribution in [3.63, 3.8) is 0 Å². The Hall–Kier alpha value is -0.380. The number of aliphatic hydroxyl groups is 1. The molecule has 2 atom stereocenters. The topological polar surface area (TPSA) is 29.5 Å². The highest BCUT2D eigenvalue weighted by atomic mass is 79.9. The first-order valence-electron chi connectivity index (χ1n) is 5.64. The molecule has 1 saturated heterocycles. The molecule has 0 spiro atoms. The fraction of sp³-hybridized carbons (Fsp3) is 0.538. The Morgan fingerprint density at radius 1 is 1.31 bits per heavy atom. The van der Waals surface area contributed by atoms with Crippen LogP contribution in [0, 0.1) is 13.8 Å². The molecule has 1 aromatic carbocycles. The highest BCUT2D eigenvalue weighted by Crippen LogP contribution is 2.32. The van der Waals surface area contributed by atoms with E-state index in [1.165, 1.54) is 16.7 Å². The van der Waals surface area contributed by atoms with Crippen molar-refractivity contribution in [3.05, 3.63) is 33.3 Å². The van der Waals surface area contributed by atoms with E-state index in [0.717, 1.165) is 10.9 Å². The molecule has 2 unspecified atom stereocenters. The van der Waals surface area contributed by atoms with Gasteiger partial charge < -0.3 is 9.84 Å². The van der Waals surface area contributed by atoms with Crippen LogP contribution in [0.5, 0.6) is 0 Å². The summed E-state index contributed by atoms with van der Waals surface area (Å²) in [6, 6.07) is 4.27. The predicted octanol–water partition coefficient (Wildman–Crippen LogP) is 3.28. The molecular formula is C13H17BrO2. The van der Waals surface area contributed by atoms with Gasteiger partial charge in [-0.2, -0.15) is 0 Å². The van der Waals surface area contributed by atoms with Crippen LogP contribution in [0.2, 0.25) is 0 Å². The van der Waals surface area contributed by atoms with Crippen LogP contribution < -0.4 is 0 Å². The zero-order valence-electron chi connectivity index (χ0n) is 9.66. The number of aryl methyl sites for hydroxylation is 2. The van der Waals surface area contributed by atoms with E-state index in [9.17, 15) is 5.11 Å². The lowest BCUT2D eigenvalue weighted by atomic mass is 9.94. The SMILES string of the molecule is Cc1cc(C2CC(O)CCO2)c(C)cc1Br. The van der Waals surface area contributed by atoms with Gasteiger partial charge >= 0.3 is 0 Å². The lowest BCUT2D eigenvalue weighted by Gasteiger charge is -2.28. The van der Waals surface area contributed by atoms with Gasteiger partial charge in [-0.3, -0.25) is 0 Å². The normalized spacial score (nSPS) is 25.8. The summed E-state index contributed by atoms with van der Waals surface area (Å²) in [6.07, 6.45) is 1.30. The van der Waals surface area contributed by atoms with Gasteiger partial charge in [-0.1, -0.05) is 22.0 Å². The van der Waals surface area contributed by atoms with Crippen LogP contribution >= 0.6 is 15.9 Å². The molecular weight excluding hydrogens is 268 g/mol. The molecule has 1 heterocycles. The van der Waals surface area contributed by atoms with Crippen molar-refractivity contribution in [1.82, 2.24) is 0 Å². The summed E-state index contributed by atoms with van der Waals surface area (Å²) in [7, 11) is 0. The highest BCUT2D eigenvalue weighted by Gasteiger charge is 2.23. The van der Waals surface area contributed by atoms with E-state index in [1.54, 1.807) is 0 Å². The Morgan fingerprint density at radius 2 is 2.06 bits per heavy atom. The first kappa shape index (κ1) is 12.1. The predicted molar refractivity (Wildman–Crippen MR) is 67.5 cm³/mol. The van der Waals surface area contributed by atoms with Gasteiger partial charge in [-0.15, -0.1) is 0 Å². The molecule has 1 aliphatic heterocycles. The lowest BCUT2D eigenvalue weighted by molar-refractivity contribution is -0.0450. The van der Waals surface area contributed by atoms with Crippen LogP contribution in [0.3, 0.4) is 0 Å². The Bertz CT molecular complexity index is 390. The average molecular weight is 285 g/mol. The fourth-order valence-corrected chi connectivity index (χ4v) is 2.60. The smallest absolute Gasteiger partial charge is 0.0852 e. The molecule has 0 radical (unpaired) electrons. The van der Waals surface area contributed by atoms with E-state index >= 15 is 0 Å². The number of benzene rings is 1. The summed E-state index contributed by atoms with van der Waals surface area (Å²) in [6.45, 7) is 4.82. The molecule has 1 aliphatic rings. The van der Waals surface area contributed by atoms with Gasteiger partial charge in [-0.25, -0.2) is 0 Å². The van der Waals surface area contributed by atoms with Crippen molar-refractivity contribution < 1.29 is 9.84 Å². The van der Waals surface area contributed by atoms with Crippen molar-refractivity contribution in [2.24, 2.45) is 0 Å². The van der Waals surface area contributed by atoms with E-state index in [4.69, 9.17) is 4.74 Å². The molecule has 3 heteroatoms. The third-order valence-corrected chi connectivity index (χ3v) is 4.00. The first-order valence-corrected chi connectivity index (χ1v) is 6.43. The molecule has 1 N–H and O–H groups in total. The van der Waals surface area contributed by atoms with Crippen molar-refractivity contribution in [2.45, 2.75) is 38.9 Å². The van der Waals surface area contributed by atoms with E-state index in [2.05, 4.69) is 41.9 Å². The van der Waals surface area contributed by atoms with E-state index < -0.39 is 0 Å². The number of ether oxygens (including phenoxy) is 1. The zero-order valence-corrected chi connectivity index (χ0v) is 11.3. The van der Waals surface area contributed by atoms with Gasteiger partial charge in [0, 0.05) is 17.5 Å². The molecule has 1 aromatic rings. The Morgan fingerprint density at radius 3 is 2.75 bits per heavy atom. The number of hydrogen-bond donors (Lipinski definition) is 1. The van der Waals surface area contributed by atoms with Crippen molar-refractivity contribution in [2.75, 3.05) is 6.61 Å². The Labute approximate surface area is 105 Å². The second-order valence-electron chi connectivity index (χ2n) is 4.50. The van der Waals surface area contributed by atoms with E-state index in [-0.39, 0.29) is 12.2 Å². The molecule has 88 valence electrons. The quantitative estimate of drug-likeness (QED) is 0.858. The van der Waals surface area contributed by atoms with E-state index in [0.29, 0.717) is 13.0 Å². The molecule has 0 bridgehead atoms. The molecule has 0 saturated carbocycles. The minimum Gasteiger partial charge on any atom is -0.393 e. The summed E-state index contributed by atoms with van der Waals surface area (Å²) >= 11 is 3.53. The fourth-order valence-electron chi connectivity index (χ4n) is 2.15. The summed E-state index contributed by atoms with van der Waals surface area (Å²) in [4.78, 5) is 0. The van der Waals surface area contributed by atoms with Gasteiger partial charge in [-0.05, 0) is 43.0 Å². The van der Waals surface area contributed by atoms with Crippen LogP contribution in [0.25, 0.3) is 0 Å². The van der Waals surface area contributed by atoms with Gasteiger partial charge in [0.05, 0.1) is 12.2 Å². The van der Waals surface area contributed by atoms with Gasteiger partial charge in [0.2, 0.25) is 0 Å². The highest BCUT2D eigenvalue weighted by molar-refractivity contribution is 9.10. The lowest BCUT2D eigenvalue weighted by Crippen LogP contribution is -2.23. The maximum Gasteiger partial charge on any atom is 0.0852 e. The van der Waals surface area contributed by atoms with Crippen molar-refractivity contribution in [1.29, 1.82) is 0 Å². The van der Waals surface area contributed by atoms with Crippen LogP contribution in [-0.4, -0.2) is 17.8 Å². The van der Waals surface area contributed by atoms with E-state index in [1.807, 2.05) is 0 Å². The Balaban J connectivity index is 2.29. The van der Waals surface area contributed by atoms with Crippen LogP contribution in [-0.2, 0) is 4.74 Å². The van der Waals surface area contributed by atoms with Crippen molar-refractivity contribution >= 4 is 15.9 Å². The third kappa shape index (κ3) is 2.47. The second kappa shape index (κ2) is 4.86. The third-order valence-electron chi connectivity index (χ3n) is 3.15. The first-order chi connectivity index (χ1) is 7.58. The van der Waals surface area contributed by atoms with Gasteiger partial charge in [0.1, 0.15) is 0 Å². The minimum absolute atomic E-state index is 0.0514. The van der Waals surface area contributed by atoms with Crippen molar-refractivity contribution in [3.8, 4) is 0 Å². The summed E-state index contributed by atoms with van der Waals surface area (Å²) in [5.74, 6) is 0. The maximum absolute atomic E-state index is 9.67. The summed E-state index contributed by atoms with van der Waals surface area (Å²) in [5.41, 5.74) is 3.64. The maximum atomic E-state index is 9.67.